The zero-order valence-electron chi connectivity index (χ0n) is 19.7. The first-order valence-corrected chi connectivity index (χ1v) is 11.9. The Morgan fingerprint density at radius 1 is 1.21 bits per heavy atom. The molecular formula is C26H30F2N4O2. The Bertz CT molecular complexity index is 1160. The largest absolute Gasteiger partial charge is 0.369 e. The summed E-state index contributed by atoms with van der Waals surface area (Å²) in [6.07, 6.45) is 3.14. The lowest BCUT2D eigenvalue weighted by Crippen LogP contribution is -2.53. The van der Waals surface area contributed by atoms with Gasteiger partial charge in [-0.3, -0.25) is 9.69 Å². The number of ether oxygens (including phenoxy) is 1. The summed E-state index contributed by atoms with van der Waals surface area (Å²) >= 11 is 0. The third-order valence-corrected chi connectivity index (χ3v) is 7.71. The highest BCUT2D eigenvalue weighted by molar-refractivity contribution is 6.08. The number of hydrogen-bond donors (Lipinski definition) is 1. The molecule has 0 radical (unpaired) electrons. The van der Waals surface area contributed by atoms with Gasteiger partial charge in [0.1, 0.15) is 0 Å². The summed E-state index contributed by atoms with van der Waals surface area (Å²) in [6.45, 7) is 5.22. The van der Waals surface area contributed by atoms with Crippen molar-refractivity contribution in [3.63, 3.8) is 0 Å². The minimum absolute atomic E-state index is 0.138. The quantitative estimate of drug-likeness (QED) is 0.672. The van der Waals surface area contributed by atoms with Crippen LogP contribution >= 0.6 is 0 Å². The third-order valence-electron chi connectivity index (χ3n) is 7.71. The van der Waals surface area contributed by atoms with Crippen LogP contribution in [-0.4, -0.2) is 40.3 Å². The number of guanidine groups is 1. The van der Waals surface area contributed by atoms with E-state index in [1.54, 1.807) is 17.0 Å². The van der Waals surface area contributed by atoms with Crippen LogP contribution in [0.2, 0.25) is 0 Å². The van der Waals surface area contributed by atoms with Gasteiger partial charge in [0.15, 0.2) is 17.9 Å². The number of hydrogen-bond acceptors (Lipinski definition) is 5. The molecule has 2 atom stereocenters. The predicted octanol–water partition coefficient (Wildman–Crippen LogP) is 4.47. The summed E-state index contributed by atoms with van der Waals surface area (Å²) in [6, 6.07) is 8.94. The highest BCUT2D eigenvalue weighted by atomic mass is 19.1. The van der Waals surface area contributed by atoms with Crippen molar-refractivity contribution in [3.05, 3.63) is 53.6 Å². The van der Waals surface area contributed by atoms with Gasteiger partial charge in [-0.25, -0.2) is 14.4 Å². The van der Waals surface area contributed by atoms with Crippen molar-refractivity contribution < 1.29 is 18.3 Å². The number of carbonyl (C=O) groups excluding carboxylic acids is 1. The first kappa shape index (κ1) is 22.9. The van der Waals surface area contributed by atoms with Crippen LogP contribution < -0.4 is 5.73 Å². The van der Waals surface area contributed by atoms with Gasteiger partial charge in [0.2, 0.25) is 5.95 Å². The number of nitrogens with zero attached hydrogens (tertiary/aromatic N) is 3. The molecule has 34 heavy (non-hydrogen) atoms. The number of halogens is 2. The van der Waals surface area contributed by atoms with E-state index in [0.717, 1.165) is 11.1 Å². The van der Waals surface area contributed by atoms with Crippen LogP contribution in [0.4, 0.5) is 8.78 Å². The molecule has 2 aromatic rings. The lowest BCUT2D eigenvalue weighted by atomic mass is 9.61. The second-order valence-corrected chi connectivity index (χ2v) is 10.00. The molecule has 3 aliphatic rings. The van der Waals surface area contributed by atoms with Crippen LogP contribution in [0.1, 0.15) is 57.6 Å². The molecule has 6 nitrogen and oxygen atoms in total. The lowest BCUT2D eigenvalue weighted by Gasteiger charge is -2.45. The average molecular weight is 469 g/mol. The maximum atomic E-state index is 14.5. The number of benzene rings is 1. The average Bonchev–Trinajstić information content (AvgIpc) is 3.21. The van der Waals surface area contributed by atoms with Gasteiger partial charge in [-0.15, -0.1) is 0 Å². The molecule has 2 aliphatic carbocycles. The van der Waals surface area contributed by atoms with E-state index < -0.39 is 23.3 Å². The molecule has 1 aliphatic heterocycles. The summed E-state index contributed by atoms with van der Waals surface area (Å²) in [5.41, 5.74) is 7.49. The molecule has 5 rings (SSSR count). The van der Waals surface area contributed by atoms with Gasteiger partial charge < -0.3 is 10.5 Å². The molecule has 2 spiro atoms. The SMILES string of the molecule is CC(F)OC1CCC2(CC1)Cc1ccc(-c3cccnc3F)cc1C21N=C(N)N(C(C)C)C1=O. The van der Waals surface area contributed by atoms with E-state index in [4.69, 9.17) is 15.5 Å². The van der Waals surface area contributed by atoms with Crippen LogP contribution in [0.5, 0.6) is 0 Å². The zero-order chi connectivity index (χ0) is 24.3. The highest BCUT2D eigenvalue weighted by Gasteiger charge is 2.67. The molecular weight excluding hydrogens is 438 g/mol. The van der Waals surface area contributed by atoms with Crippen molar-refractivity contribution in [1.82, 2.24) is 9.88 Å². The molecule has 2 unspecified atom stereocenters. The van der Waals surface area contributed by atoms with Crippen LogP contribution in [0, 0.1) is 11.4 Å². The van der Waals surface area contributed by atoms with Crippen molar-refractivity contribution in [2.24, 2.45) is 16.1 Å². The summed E-state index contributed by atoms with van der Waals surface area (Å²) in [4.78, 5) is 24.4. The summed E-state index contributed by atoms with van der Waals surface area (Å²) in [7, 11) is 0. The van der Waals surface area contributed by atoms with Gasteiger partial charge in [-0.1, -0.05) is 12.1 Å². The fraction of sp³-hybridized carbons (Fsp3) is 0.500. The normalized spacial score (nSPS) is 29.2. The fourth-order valence-corrected chi connectivity index (χ4v) is 6.27. The van der Waals surface area contributed by atoms with Gasteiger partial charge in [0.25, 0.3) is 5.91 Å². The van der Waals surface area contributed by atoms with Gasteiger partial charge >= 0.3 is 0 Å². The van der Waals surface area contributed by atoms with E-state index in [-0.39, 0.29) is 24.0 Å². The Morgan fingerprint density at radius 2 is 1.94 bits per heavy atom. The summed E-state index contributed by atoms with van der Waals surface area (Å²) in [5, 5.41) is 0. The van der Waals surface area contributed by atoms with Crippen molar-refractivity contribution >= 4 is 11.9 Å². The molecule has 1 amide bonds. The van der Waals surface area contributed by atoms with E-state index in [1.807, 2.05) is 32.0 Å². The minimum Gasteiger partial charge on any atom is -0.369 e. The molecule has 2 N–H and O–H groups in total. The van der Waals surface area contributed by atoms with E-state index in [2.05, 4.69) is 4.98 Å². The fourth-order valence-electron chi connectivity index (χ4n) is 6.27. The number of alkyl halides is 1. The monoisotopic (exact) mass is 468 g/mol. The maximum Gasteiger partial charge on any atom is 0.262 e. The minimum atomic E-state index is -1.33. The molecule has 1 fully saturated rings. The van der Waals surface area contributed by atoms with Gasteiger partial charge in [-0.05, 0) is 87.8 Å². The Balaban J connectivity index is 1.64. The molecule has 2 heterocycles. The maximum absolute atomic E-state index is 14.5. The second-order valence-electron chi connectivity index (χ2n) is 10.00. The molecule has 1 aromatic carbocycles. The smallest absolute Gasteiger partial charge is 0.262 e. The van der Waals surface area contributed by atoms with E-state index >= 15 is 0 Å². The van der Waals surface area contributed by atoms with E-state index in [0.29, 0.717) is 43.2 Å². The van der Waals surface area contributed by atoms with Gasteiger partial charge in [-0.2, -0.15) is 4.39 Å². The van der Waals surface area contributed by atoms with Crippen LogP contribution in [0.15, 0.2) is 41.5 Å². The zero-order valence-corrected chi connectivity index (χ0v) is 19.7. The van der Waals surface area contributed by atoms with Crippen LogP contribution in [-0.2, 0) is 21.5 Å². The number of pyridine rings is 1. The highest BCUT2D eigenvalue weighted by Crippen LogP contribution is 2.62. The topological polar surface area (TPSA) is 80.8 Å². The number of aliphatic imine (C=N–C) groups is 1. The van der Waals surface area contributed by atoms with Crippen molar-refractivity contribution in [2.45, 2.75) is 76.9 Å². The van der Waals surface area contributed by atoms with E-state index in [1.165, 1.54) is 13.1 Å². The van der Waals surface area contributed by atoms with Gasteiger partial charge in [0.05, 0.1) is 6.10 Å². The standard InChI is InChI=1S/C26H30F2N4O2/c1-15(2)32-23(33)26(31-24(32)29)21-13-17(20-5-4-12-30-22(20)28)6-7-18(21)14-25(26)10-8-19(9-11-25)34-16(3)27/h4-7,12-13,15-16,19H,8-11,14H2,1-3H3,(H2,29,31). The Labute approximate surface area is 198 Å². The Hall–Kier alpha value is -2.87. The van der Waals surface area contributed by atoms with E-state index in [9.17, 15) is 13.6 Å². The summed E-state index contributed by atoms with van der Waals surface area (Å²) in [5.74, 6) is -0.492. The number of fused-ring (bicyclic) bond motifs is 3. The first-order valence-electron chi connectivity index (χ1n) is 11.9. The number of aromatic nitrogens is 1. The Kier molecular flexibility index (Phi) is 5.47. The molecule has 0 saturated heterocycles. The molecule has 1 aromatic heterocycles. The summed E-state index contributed by atoms with van der Waals surface area (Å²) < 4.78 is 33.5. The number of carbonyl (C=O) groups is 1. The van der Waals surface area contributed by atoms with Crippen molar-refractivity contribution in [1.29, 1.82) is 0 Å². The lowest BCUT2D eigenvalue weighted by molar-refractivity contribution is -0.142. The van der Waals surface area contributed by atoms with Crippen LogP contribution in [0.25, 0.3) is 11.1 Å². The second kappa shape index (κ2) is 8.12. The molecule has 1 saturated carbocycles. The first-order chi connectivity index (χ1) is 16.2. The molecule has 180 valence electrons. The Morgan fingerprint density at radius 3 is 2.56 bits per heavy atom. The molecule has 0 bridgehead atoms. The van der Waals surface area contributed by atoms with Crippen LogP contribution in [0.3, 0.4) is 0 Å². The third kappa shape index (κ3) is 3.26. The van der Waals surface area contributed by atoms with Gasteiger partial charge in [0, 0.05) is 23.2 Å². The predicted molar refractivity (Wildman–Crippen MR) is 125 cm³/mol. The number of amides is 1. The van der Waals surface area contributed by atoms with Crippen molar-refractivity contribution in [3.8, 4) is 11.1 Å². The number of nitrogens with two attached hydrogens (primary N) is 1. The number of rotatable bonds is 4. The molecule has 8 heteroatoms. The van der Waals surface area contributed by atoms with Crippen molar-refractivity contribution in [2.75, 3.05) is 0 Å².